The fourth-order valence-electron chi connectivity index (χ4n) is 1.59. The molecule has 1 aromatic carbocycles. The molecule has 0 aliphatic carbocycles. The average Bonchev–Trinajstić information content (AvgIpc) is 2.27. The predicted molar refractivity (Wildman–Crippen MR) is 67.1 cm³/mol. The molecule has 0 amide bonds. The molecule has 1 rings (SSSR count). The Kier molecular flexibility index (Phi) is 4.84. The molecule has 0 fully saturated rings. The lowest BCUT2D eigenvalue weighted by atomic mass is 10.0. The molecule has 0 saturated heterocycles. The molecular weight excluding hydrogens is 257 g/mol. The summed E-state index contributed by atoms with van der Waals surface area (Å²) in [4.78, 5) is -0.144. The summed E-state index contributed by atoms with van der Waals surface area (Å²) in [5.74, 6) is -0.613. The van der Waals surface area contributed by atoms with Crippen LogP contribution in [-0.4, -0.2) is 25.7 Å². The minimum atomic E-state index is -3.78. The Bertz CT molecular complexity index is 500. The van der Waals surface area contributed by atoms with Crippen molar-refractivity contribution in [2.45, 2.75) is 37.2 Å². The third kappa shape index (κ3) is 4.36. The molecule has 2 N–H and O–H groups in total. The van der Waals surface area contributed by atoms with Crippen LogP contribution in [0.1, 0.15) is 26.7 Å². The lowest BCUT2D eigenvalue weighted by molar-refractivity contribution is 0.0554. The number of rotatable bonds is 6. The van der Waals surface area contributed by atoms with Crippen LogP contribution in [0.3, 0.4) is 0 Å². The second-order valence-electron chi connectivity index (χ2n) is 4.53. The Morgan fingerprint density at radius 3 is 2.67 bits per heavy atom. The van der Waals surface area contributed by atoms with Gasteiger partial charge in [-0.2, -0.15) is 0 Å². The average molecular weight is 275 g/mol. The zero-order valence-corrected chi connectivity index (χ0v) is 11.3. The molecule has 4 nitrogen and oxygen atoms in total. The molecule has 1 atom stereocenters. The molecule has 0 aliphatic rings. The van der Waals surface area contributed by atoms with E-state index < -0.39 is 21.4 Å². The minimum absolute atomic E-state index is 0.0975. The normalized spacial score (nSPS) is 15.3. The van der Waals surface area contributed by atoms with E-state index in [4.69, 9.17) is 0 Å². The number of aliphatic hydroxyl groups is 1. The Balaban J connectivity index is 2.78. The van der Waals surface area contributed by atoms with Crippen molar-refractivity contribution in [1.29, 1.82) is 0 Å². The zero-order valence-electron chi connectivity index (χ0n) is 10.5. The van der Waals surface area contributed by atoms with Gasteiger partial charge in [0.25, 0.3) is 0 Å². The van der Waals surface area contributed by atoms with Crippen LogP contribution in [0.4, 0.5) is 4.39 Å². The molecule has 18 heavy (non-hydrogen) atoms. The first-order valence-corrected chi connectivity index (χ1v) is 7.23. The first kappa shape index (κ1) is 15.1. The summed E-state index contributed by atoms with van der Waals surface area (Å²) in [6.45, 7) is 3.36. The fraction of sp³-hybridized carbons (Fsp3) is 0.500. The predicted octanol–water partition coefficient (Wildman–Crippen LogP) is 1.66. The third-order valence-corrected chi connectivity index (χ3v) is 3.94. The first-order valence-electron chi connectivity index (χ1n) is 5.74. The van der Waals surface area contributed by atoms with E-state index in [0.717, 1.165) is 12.5 Å². The van der Waals surface area contributed by atoms with Crippen molar-refractivity contribution in [3.05, 3.63) is 30.1 Å². The van der Waals surface area contributed by atoms with Crippen LogP contribution in [-0.2, 0) is 10.0 Å². The maximum absolute atomic E-state index is 13.0. The first-order chi connectivity index (χ1) is 8.27. The second-order valence-corrected chi connectivity index (χ2v) is 6.30. The van der Waals surface area contributed by atoms with Crippen LogP contribution in [0.2, 0.25) is 0 Å². The van der Waals surface area contributed by atoms with Gasteiger partial charge in [0.05, 0.1) is 10.5 Å². The van der Waals surface area contributed by atoms with Gasteiger partial charge in [0, 0.05) is 6.54 Å². The molecule has 0 aliphatic heterocycles. The number of hydrogen-bond donors (Lipinski definition) is 2. The van der Waals surface area contributed by atoms with Gasteiger partial charge in [-0.25, -0.2) is 17.5 Å². The highest BCUT2D eigenvalue weighted by Crippen LogP contribution is 2.14. The van der Waals surface area contributed by atoms with Crippen LogP contribution in [0.15, 0.2) is 29.2 Å². The standard InChI is InChI=1S/C12H18FNO3S/c1-3-7-12(2,15)9-14-18(16,17)11-6-4-5-10(13)8-11/h4-6,8,14-15H,3,7,9H2,1-2H3. The molecular formula is C12H18FNO3S. The molecule has 1 aromatic rings. The van der Waals surface area contributed by atoms with Gasteiger partial charge in [0.1, 0.15) is 5.82 Å². The number of halogens is 1. The van der Waals surface area contributed by atoms with Gasteiger partial charge in [0.2, 0.25) is 10.0 Å². The largest absolute Gasteiger partial charge is 0.389 e. The van der Waals surface area contributed by atoms with Crippen LogP contribution in [0, 0.1) is 5.82 Å². The highest BCUT2D eigenvalue weighted by molar-refractivity contribution is 7.89. The summed E-state index contributed by atoms with van der Waals surface area (Å²) in [7, 11) is -3.78. The van der Waals surface area contributed by atoms with Crippen LogP contribution in [0.25, 0.3) is 0 Å². The molecule has 0 saturated carbocycles. The van der Waals surface area contributed by atoms with Crippen molar-refractivity contribution in [2.75, 3.05) is 6.54 Å². The molecule has 6 heteroatoms. The maximum atomic E-state index is 13.0. The lowest BCUT2D eigenvalue weighted by Gasteiger charge is -2.22. The Morgan fingerprint density at radius 2 is 2.11 bits per heavy atom. The van der Waals surface area contributed by atoms with Gasteiger partial charge in [-0.05, 0) is 31.5 Å². The van der Waals surface area contributed by atoms with Gasteiger partial charge in [-0.3, -0.25) is 0 Å². The van der Waals surface area contributed by atoms with Gasteiger partial charge < -0.3 is 5.11 Å². The van der Waals surface area contributed by atoms with Crippen LogP contribution in [0.5, 0.6) is 0 Å². The molecule has 0 radical (unpaired) electrons. The van der Waals surface area contributed by atoms with E-state index in [0.29, 0.717) is 6.42 Å². The van der Waals surface area contributed by atoms with Crippen molar-refractivity contribution in [3.63, 3.8) is 0 Å². The Labute approximate surface area is 107 Å². The molecule has 0 heterocycles. The fourth-order valence-corrected chi connectivity index (χ4v) is 2.79. The van der Waals surface area contributed by atoms with Crippen LogP contribution < -0.4 is 4.72 Å². The van der Waals surface area contributed by atoms with Gasteiger partial charge in [-0.15, -0.1) is 0 Å². The SMILES string of the molecule is CCCC(C)(O)CNS(=O)(=O)c1cccc(F)c1. The van der Waals surface area contributed by atoms with Gasteiger partial charge >= 0.3 is 0 Å². The minimum Gasteiger partial charge on any atom is -0.389 e. The van der Waals surface area contributed by atoms with Gasteiger partial charge in [-0.1, -0.05) is 19.4 Å². The summed E-state index contributed by atoms with van der Waals surface area (Å²) >= 11 is 0. The number of nitrogens with one attached hydrogen (secondary N) is 1. The monoisotopic (exact) mass is 275 g/mol. The lowest BCUT2D eigenvalue weighted by Crippen LogP contribution is -2.40. The number of hydrogen-bond acceptors (Lipinski definition) is 3. The van der Waals surface area contributed by atoms with E-state index in [1.807, 2.05) is 6.92 Å². The van der Waals surface area contributed by atoms with Gasteiger partial charge in [0.15, 0.2) is 0 Å². The number of sulfonamides is 1. The summed E-state index contributed by atoms with van der Waals surface area (Å²) in [5, 5.41) is 9.88. The zero-order chi connectivity index (χ0) is 13.8. The van der Waals surface area contributed by atoms with Crippen molar-refractivity contribution < 1.29 is 17.9 Å². The van der Waals surface area contributed by atoms with Crippen molar-refractivity contribution in [2.24, 2.45) is 0 Å². The second kappa shape index (κ2) is 5.77. The van der Waals surface area contributed by atoms with E-state index in [2.05, 4.69) is 4.72 Å². The number of benzene rings is 1. The van der Waals surface area contributed by atoms with E-state index in [9.17, 15) is 17.9 Å². The summed E-state index contributed by atoms with van der Waals surface area (Å²) in [6, 6.07) is 4.75. The maximum Gasteiger partial charge on any atom is 0.240 e. The summed E-state index contributed by atoms with van der Waals surface area (Å²) in [6.07, 6.45) is 1.23. The highest BCUT2D eigenvalue weighted by atomic mass is 32.2. The van der Waals surface area contributed by atoms with Crippen molar-refractivity contribution in [3.8, 4) is 0 Å². The Morgan fingerprint density at radius 1 is 1.44 bits per heavy atom. The Hall–Kier alpha value is -0.980. The molecule has 102 valence electrons. The highest BCUT2D eigenvalue weighted by Gasteiger charge is 2.23. The smallest absolute Gasteiger partial charge is 0.240 e. The molecule has 0 aromatic heterocycles. The molecule has 1 unspecified atom stereocenters. The molecule has 0 bridgehead atoms. The topological polar surface area (TPSA) is 66.4 Å². The molecule has 0 spiro atoms. The summed E-state index contributed by atoms with van der Waals surface area (Å²) in [5.41, 5.74) is -1.10. The third-order valence-electron chi connectivity index (χ3n) is 2.54. The van der Waals surface area contributed by atoms with E-state index in [1.165, 1.54) is 18.2 Å². The van der Waals surface area contributed by atoms with Crippen molar-refractivity contribution in [1.82, 2.24) is 4.72 Å². The van der Waals surface area contributed by atoms with E-state index in [-0.39, 0.29) is 11.4 Å². The van der Waals surface area contributed by atoms with E-state index in [1.54, 1.807) is 6.92 Å². The van der Waals surface area contributed by atoms with Crippen LogP contribution >= 0.6 is 0 Å². The quantitative estimate of drug-likeness (QED) is 0.829. The van der Waals surface area contributed by atoms with Crippen molar-refractivity contribution >= 4 is 10.0 Å². The van der Waals surface area contributed by atoms with E-state index >= 15 is 0 Å². The summed E-state index contributed by atoms with van der Waals surface area (Å²) < 4.78 is 38.9.